The average Bonchev–Trinajstić information content (AvgIpc) is 3.18. The third-order valence-electron chi connectivity index (χ3n) is 5.19. The summed E-state index contributed by atoms with van der Waals surface area (Å²) in [4.78, 5) is 12.0. The van der Waals surface area contributed by atoms with Crippen molar-refractivity contribution >= 4 is 32.7 Å². The van der Waals surface area contributed by atoms with Crippen LogP contribution in [-0.4, -0.2) is 51.1 Å². The lowest BCUT2D eigenvalue weighted by atomic mass is 10.1. The third-order valence-corrected chi connectivity index (χ3v) is 5.68. The molecule has 8 nitrogen and oxygen atoms in total. The summed E-state index contributed by atoms with van der Waals surface area (Å²) in [6, 6.07) is 15.2. The second-order valence-corrected chi connectivity index (χ2v) is 9.47. The van der Waals surface area contributed by atoms with Gasteiger partial charge in [0.1, 0.15) is 5.75 Å². The number of aromatic nitrogens is 1. The van der Waals surface area contributed by atoms with Gasteiger partial charge >= 0.3 is 16.1 Å². The van der Waals surface area contributed by atoms with E-state index >= 15 is 0 Å². The van der Waals surface area contributed by atoms with Gasteiger partial charge < -0.3 is 23.5 Å². The maximum absolute atomic E-state index is 12.0. The summed E-state index contributed by atoms with van der Waals surface area (Å²) in [5.41, 5.74) is 3.04. The van der Waals surface area contributed by atoms with Gasteiger partial charge in [0.2, 0.25) is 0 Å². The molecule has 3 rings (SSSR count). The van der Waals surface area contributed by atoms with E-state index in [4.69, 9.17) is 13.7 Å². The van der Waals surface area contributed by atoms with E-state index in [-0.39, 0.29) is 5.97 Å². The van der Waals surface area contributed by atoms with E-state index in [0.29, 0.717) is 25.4 Å². The van der Waals surface area contributed by atoms with Gasteiger partial charge in [-0.05, 0) is 62.2 Å². The molecular weight excluding hydrogens is 456 g/mol. The zero-order valence-corrected chi connectivity index (χ0v) is 20.6. The van der Waals surface area contributed by atoms with Crippen molar-refractivity contribution in [3.05, 3.63) is 60.3 Å². The van der Waals surface area contributed by atoms with Crippen LogP contribution in [0.2, 0.25) is 0 Å². The van der Waals surface area contributed by atoms with Crippen LogP contribution in [0.1, 0.15) is 25.8 Å². The molecule has 34 heavy (non-hydrogen) atoms. The first-order chi connectivity index (χ1) is 16.3. The van der Waals surface area contributed by atoms with Gasteiger partial charge in [0, 0.05) is 48.9 Å². The Labute approximate surface area is 200 Å². The van der Waals surface area contributed by atoms with Gasteiger partial charge in [-0.15, -0.1) is 0 Å². The molecule has 1 heterocycles. The second-order valence-electron chi connectivity index (χ2n) is 7.89. The fourth-order valence-corrected chi connectivity index (χ4v) is 4.15. The van der Waals surface area contributed by atoms with Crippen LogP contribution < -0.4 is 9.50 Å². The van der Waals surface area contributed by atoms with Crippen molar-refractivity contribution in [3.8, 4) is 5.75 Å². The maximum atomic E-state index is 12.0. The number of benzene rings is 2. The molecule has 0 saturated carbocycles. The van der Waals surface area contributed by atoms with Gasteiger partial charge in [-0.25, -0.2) is 4.79 Å². The van der Waals surface area contributed by atoms with Gasteiger partial charge in [0.05, 0.1) is 12.9 Å². The number of carbonyl (C=O) groups excluding carboxylic acids is 1. The number of hydrogen-bond acceptors (Lipinski definition) is 7. The number of fused-ring (bicyclic) bond motifs is 1. The van der Waals surface area contributed by atoms with Crippen molar-refractivity contribution in [2.24, 2.45) is 0 Å². The van der Waals surface area contributed by atoms with E-state index in [0.717, 1.165) is 47.9 Å². The van der Waals surface area contributed by atoms with Gasteiger partial charge in [-0.2, -0.15) is 8.42 Å². The number of rotatable bonds is 13. The van der Waals surface area contributed by atoms with Crippen LogP contribution in [0.5, 0.6) is 5.75 Å². The van der Waals surface area contributed by atoms with Crippen LogP contribution in [0.3, 0.4) is 0 Å². The summed E-state index contributed by atoms with van der Waals surface area (Å²) >= 11 is 0. The highest BCUT2D eigenvalue weighted by molar-refractivity contribution is 7.86. The summed E-state index contributed by atoms with van der Waals surface area (Å²) in [6.07, 6.45) is 3.81. The molecule has 0 aliphatic carbocycles. The monoisotopic (exact) mass is 488 g/mol. The van der Waals surface area contributed by atoms with Crippen LogP contribution in [0.4, 0.5) is 5.69 Å². The van der Waals surface area contributed by atoms with E-state index in [2.05, 4.69) is 9.88 Å². The molecule has 9 heteroatoms. The lowest BCUT2D eigenvalue weighted by Crippen LogP contribution is -2.28. The van der Waals surface area contributed by atoms with E-state index in [9.17, 15) is 13.2 Å². The fraction of sp³-hybridized carbons (Fsp3) is 0.400. The summed E-state index contributed by atoms with van der Waals surface area (Å²) in [5, 5.41) is 4.34. The lowest BCUT2D eigenvalue weighted by molar-refractivity contribution is -0.156. The highest BCUT2D eigenvalue weighted by Gasteiger charge is 2.20. The zero-order chi connectivity index (χ0) is 24.6. The Morgan fingerprint density at radius 2 is 1.82 bits per heavy atom. The molecule has 0 fully saturated rings. The minimum atomic E-state index is -3.54. The molecule has 0 spiro atoms. The topological polar surface area (TPSA) is 95.9 Å². The van der Waals surface area contributed by atoms with E-state index in [1.54, 1.807) is 19.1 Å². The van der Waals surface area contributed by atoms with Crippen molar-refractivity contribution in [1.82, 2.24) is 4.57 Å². The molecule has 1 N–H and O–H groups in total. The van der Waals surface area contributed by atoms with E-state index in [1.165, 1.54) is 0 Å². The number of aryl methyl sites for hydroxylation is 1. The van der Waals surface area contributed by atoms with Crippen LogP contribution in [-0.2, 0) is 37.4 Å². The Kier molecular flexibility index (Phi) is 8.95. The molecule has 0 radical (unpaired) electrons. The largest absolute Gasteiger partial charge is 0.464 e. The fourth-order valence-electron chi connectivity index (χ4n) is 3.70. The third kappa shape index (κ3) is 7.50. The number of ether oxygens (including phenoxy) is 2. The minimum absolute atomic E-state index is 0.313. The molecule has 0 saturated heterocycles. The number of esters is 1. The number of anilines is 1. The molecule has 0 aliphatic rings. The van der Waals surface area contributed by atoms with E-state index < -0.39 is 16.2 Å². The minimum Gasteiger partial charge on any atom is -0.464 e. The normalized spacial score (nSPS) is 12.4. The van der Waals surface area contributed by atoms with Gasteiger partial charge in [0.25, 0.3) is 0 Å². The van der Waals surface area contributed by atoms with Crippen molar-refractivity contribution in [2.75, 3.05) is 31.3 Å². The predicted molar refractivity (Wildman–Crippen MR) is 133 cm³/mol. The van der Waals surface area contributed by atoms with Crippen molar-refractivity contribution in [3.63, 3.8) is 0 Å². The second kappa shape index (κ2) is 11.9. The summed E-state index contributed by atoms with van der Waals surface area (Å²) in [7, 11) is -3.54. The molecule has 2 aromatic carbocycles. The molecule has 0 amide bonds. The first-order valence-electron chi connectivity index (χ1n) is 11.4. The highest BCUT2D eigenvalue weighted by Crippen LogP contribution is 2.23. The predicted octanol–water partition coefficient (Wildman–Crippen LogP) is 3.99. The summed E-state index contributed by atoms with van der Waals surface area (Å²) in [5.74, 6) is -0.0177. The standard InChI is InChI=1S/C25H32N2O6S/c1-4-31-24(25(28)32-5-2)17-19-7-9-21(10-8-19)26-14-6-15-27-16-13-20-18-22(11-12-23(20)27)33-34(3,29)30/h7-13,16,18,24,26H,4-6,14-15,17H2,1-3H3/t24-/m0/s1. The first-order valence-corrected chi connectivity index (χ1v) is 13.2. The Balaban J connectivity index is 1.49. The van der Waals surface area contributed by atoms with Gasteiger partial charge in [-0.1, -0.05) is 12.1 Å². The quantitative estimate of drug-likeness (QED) is 0.221. The lowest BCUT2D eigenvalue weighted by Gasteiger charge is -2.16. The molecule has 0 unspecified atom stereocenters. The Hall–Kier alpha value is -3.04. The first kappa shape index (κ1) is 25.6. The molecular formula is C25H32N2O6S. The summed E-state index contributed by atoms with van der Waals surface area (Å²) in [6.45, 7) is 6.04. The Bertz CT molecular complexity index is 1190. The molecule has 3 aromatic rings. The smallest absolute Gasteiger partial charge is 0.335 e. The number of nitrogens with zero attached hydrogens (tertiary/aromatic N) is 1. The van der Waals surface area contributed by atoms with Crippen LogP contribution in [0.15, 0.2) is 54.7 Å². The van der Waals surface area contributed by atoms with Crippen LogP contribution >= 0.6 is 0 Å². The summed E-state index contributed by atoms with van der Waals surface area (Å²) < 4.78 is 40.4. The Morgan fingerprint density at radius 1 is 1.06 bits per heavy atom. The molecule has 0 aliphatic heterocycles. The number of nitrogens with one attached hydrogen (secondary N) is 1. The highest BCUT2D eigenvalue weighted by atomic mass is 32.2. The Morgan fingerprint density at radius 3 is 2.50 bits per heavy atom. The van der Waals surface area contributed by atoms with E-state index in [1.807, 2.05) is 49.5 Å². The SMILES string of the molecule is CCOC(=O)[C@H](Cc1ccc(NCCCn2ccc3cc(OS(C)(=O)=O)ccc32)cc1)OCC. The number of carbonyl (C=O) groups is 1. The van der Waals surface area contributed by atoms with Crippen LogP contribution in [0, 0.1) is 0 Å². The van der Waals surface area contributed by atoms with Crippen molar-refractivity contribution in [1.29, 1.82) is 0 Å². The van der Waals surface area contributed by atoms with Crippen LogP contribution in [0.25, 0.3) is 10.9 Å². The van der Waals surface area contributed by atoms with Gasteiger partial charge in [-0.3, -0.25) is 0 Å². The molecule has 1 aromatic heterocycles. The maximum Gasteiger partial charge on any atom is 0.335 e. The molecule has 184 valence electrons. The van der Waals surface area contributed by atoms with Gasteiger partial charge in [0.15, 0.2) is 6.10 Å². The van der Waals surface area contributed by atoms with Crippen molar-refractivity contribution < 1.29 is 26.9 Å². The molecule has 0 bridgehead atoms. The molecule has 1 atom stereocenters. The number of hydrogen-bond donors (Lipinski definition) is 1. The zero-order valence-electron chi connectivity index (χ0n) is 19.8. The van der Waals surface area contributed by atoms with Crippen molar-refractivity contribution in [2.45, 2.75) is 39.3 Å². The average molecular weight is 489 g/mol.